The number of aliphatic hydroxyl groups is 1. The van der Waals surface area contributed by atoms with Crippen molar-refractivity contribution in [2.24, 2.45) is 0 Å². The molecule has 0 aliphatic carbocycles. The third-order valence-electron chi connectivity index (χ3n) is 1.33. The smallest absolute Gasteiger partial charge is 0.126 e. The van der Waals surface area contributed by atoms with Crippen LogP contribution in [-0.2, 0) is 0 Å². The third kappa shape index (κ3) is 2.80. The lowest BCUT2D eigenvalue weighted by molar-refractivity contribution is 0.303. The number of aliphatic hydroxyl groups excluding tert-OH is 1. The van der Waals surface area contributed by atoms with Crippen LogP contribution in [0.5, 0.6) is 0 Å². The highest BCUT2D eigenvalue weighted by Gasteiger charge is 1.90. The Morgan fingerprint density at radius 3 is 3.08 bits per heavy atom. The summed E-state index contributed by atoms with van der Waals surface area (Å²) in [5, 5.41) is 8.45. The number of halogens is 1. The lowest BCUT2D eigenvalue weighted by atomic mass is 10.3. The molecule has 64 valence electrons. The first kappa shape index (κ1) is 8.87. The van der Waals surface area contributed by atoms with Gasteiger partial charge in [0, 0.05) is 12.8 Å². The first-order valence-corrected chi connectivity index (χ1v) is 3.72. The fraction of sp³-hybridized carbons (Fsp3) is 0.222. The second kappa shape index (κ2) is 4.62. The molecule has 0 saturated heterocycles. The molecule has 0 aromatic carbocycles. The van der Waals surface area contributed by atoms with E-state index in [1.165, 1.54) is 18.3 Å². The quantitative estimate of drug-likeness (QED) is 0.742. The molecule has 0 unspecified atom stereocenters. The van der Waals surface area contributed by atoms with E-state index in [-0.39, 0.29) is 12.4 Å². The zero-order chi connectivity index (χ0) is 8.81. The molecule has 0 amide bonds. The summed E-state index contributed by atoms with van der Waals surface area (Å²) in [6.07, 6.45) is 5.41. The van der Waals surface area contributed by atoms with E-state index in [9.17, 15) is 4.39 Å². The summed E-state index contributed by atoms with van der Waals surface area (Å²) in [7, 11) is 0. The van der Waals surface area contributed by atoms with Gasteiger partial charge in [-0.3, -0.25) is 4.98 Å². The van der Waals surface area contributed by atoms with Crippen LogP contribution >= 0.6 is 0 Å². The van der Waals surface area contributed by atoms with Crippen LogP contribution in [0.1, 0.15) is 12.1 Å². The lowest BCUT2D eigenvalue weighted by Gasteiger charge is -1.91. The van der Waals surface area contributed by atoms with Crippen molar-refractivity contribution in [1.29, 1.82) is 0 Å². The number of hydrogen-bond donors (Lipinski definition) is 1. The number of pyridine rings is 1. The highest BCUT2D eigenvalue weighted by atomic mass is 19.1. The number of rotatable bonds is 3. The van der Waals surface area contributed by atoms with E-state index < -0.39 is 0 Å². The molecule has 3 heteroatoms. The van der Waals surface area contributed by atoms with Crippen LogP contribution in [0.3, 0.4) is 0 Å². The van der Waals surface area contributed by atoms with Crippen LogP contribution in [0.4, 0.5) is 4.39 Å². The monoisotopic (exact) mass is 167 g/mol. The maximum Gasteiger partial charge on any atom is 0.126 e. The van der Waals surface area contributed by atoms with Gasteiger partial charge in [-0.05, 0) is 24.6 Å². The van der Waals surface area contributed by atoms with Gasteiger partial charge >= 0.3 is 0 Å². The fourth-order valence-electron chi connectivity index (χ4n) is 0.791. The van der Waals surface area contributed by atoms with Gasteiger partial charge in [0.25, 0.3) is 0 Å². The van der Waals surface area contributed by atoms with Gasteiger partial charge in [0.05, 0.1) is 5.69 Å². The minimum atomic E-state index is -0.298. The van der Waals surface area contributed by atoms with Crippen LogP contribution in [0, 0.1) is 5.82 Å². The molecule has 0 atom stereocenters. The Balaban J connectivity index is 2.63. The summed E-state index contributed by atoms with van der Waals surface area (Å²) in [6, 6.07) is 2.64. The van der Waals surface area contributed by atoms with E-state index in [0.29, 0.717) is 12.1 Å². The molecule has 0 radical (unpaired) electrons. The van der Waals surface area contributed by atoms with Crippen LogP contribution in [0.2, 0.25) is 0 Å². The van der Waals surface area contributed by atoms with Gasteiger partial charge in [-0.15, -0.1) is 0 Å². The Bertz CT molecular complexity index is 273. The van der Waals surface area contributed by atoms with Crippen molar-refractivity contribution in [2.75, 3.05) is 6.61 Å². The molecule has 0 saturated carbocycles. The first-order chi connectivity index (χ1) is 5.83. The Morgan fingerprint density at radius 1 is 1.58 bits per heavy atom. The first-order valence-electron chi connectivity index (χ1n) is 3.72. The standard InChI is InChI=1S/C9H10FNO/c10-8-4-5-11-9(7-8)3-1-2-6-12/h1,3-5,7,12H,2,6H2. The molecule has 0 aliphatic heterocycles. The largest absolute Gasteiger partial charge is 0.396 e. The zero-order valence-electron chi connectivity index (χ0n) is 6.57. The van der Waals surface area contributed by atoms with E-state index in [2.05, 4.69) is 4.98 Å². The van der Waals surface area contributed by atoms with Crippen molar-refractivity contribution in [3.8, 4) is 0 Å². The van der Waals surface area contributed by atoms with Crippen molar-refractivity contribution >= 4 is 6.08 Å². The van der Waals surface area contributed by atoms with Crippen LogP contribution in [-0.4, -0.2) is 16.7 Å². The topological polar surface area (TPSA) is 33.1 Å². The average molecular weight is 167 g/mol. The predicted molar refractivity (Wildman–Crippen MR) is 44.9 cm³/mol. The van der Waals surface area contributed by atoms with Gasteiger partial charge in [0.1, 0.15) is 5.82 Å². The van der Waals surface area contributed by atoms with Gasteiger partial charge in [0.15, 0.2) is 0 Å². The molecule has 1 N–H and O–H groups in total. The van der Waals surface area contributed by atoms with Crippen molar-refractivity contribution in [2.45, 2.75) is 6.42 Å². The molecule has 0 fully saturated rings. The van der Waals surface area contributed by atoms with Crippen LogP contribution < -0.4 is 0 Å². The lowest BCUT2D eigenvalue weighted by Crippen LogP contribution is -1.82. The molecule has 12 heavy (non-hydrogen) atoms. The normalized spacial score (nSPS) is 10.8. The maximum atomic E-state index is 12.6. The Morgan fingerprint density at radius 2 is 2.42 bits per heavy atom. The summed E-state index contributed by atoms with van der Waals surface area (Å²) < 4.78 is 12.6. The molecular formula is C9H10FNO. The molecule has 0 bridgehead atoms. The Hall–Kier alpha value is -1.22. The molecule has 1 heterocycles. The highest BCUT2D eigenvalue weighted by Crippen LogP contribution is 2.01. The minimum Gasteiger partial charge on any atom is -0.396 e. The highest BCUT2D eigenvalue weighted by molar-refractivity contribution is 5.43. The summed E-state index contributed by atoms with van der Waals surface area (Å²) in [4.78, 5) is 3.90. The maximum absolute atomic E-state index is 12.6. The second-order valence-corrected chi connectivity index (χ2v) is 2.31. The van der Waals surface area contributed by atoms with Gasteiger partial charge in [-0.1, -0.05) is 6.08 Å². The van der Waals surface area contributed by atoms with Gasteiger partial charge < -0.3 is 5.11 Å². The Labute approximate surface area is 70.4 Å². The predicted octanol–water partition coefficient (Wildman–Crippen LogP) is 1.62. The van der Waals surface area contributed by atoms with E-state index in [0.717, 1.165) is 0 Å². The molecule has 1 aromatic heterocycles. The van der Waals surface area contributed by atoms with E-state index in [4.69, 9.17) is 5.11 Å². The summed E-state index contributed by atoms with van der Waals surface area (Å²) >= 11 is 0. The molecule has 1 rings (SSSR count). The van der Waals surface area contributed by atoms with Gasteiger partial charge in [0.2, 0.25) is 0 Å². The molecule has 0 aliphatic rings. The van der Waals surface area contributed by atoms with E-state index in [1.54, 1.807) is 12.2 Å². The molecule has 1 aromatic rings. The van der Waals surface area contributed by atoms with Crippen LogP contribution in [0.15, 0.2) is 24.4 Å². The number of aromatic nitrogens is 1. The number of nitrogens with zero attached hydrogens (tertiary/aromatic N) is 1. The van der Waals surface area contributed by atoms with Crippen molar-refractivity contribution in [3.63, 3.8) is 0 Å². The average Bonchev–Trinajstić information content (AvgIpc) is 2.05. The molecule has 0 spiro atoms. The molecule has 2 nitrogen and oxygen atoms in total. The summed E-state index contributed by atoms with van der Waals surface area (Å²) in [5.74, 6) is -0.298. The summed E-state index contributed by atoms with van der Waals surface area (Å²) in [5.41, 5.74) is 0.573. The van der Waals surface area contributed by atoms with Crippen LogP contribution in [0.25, 0.3) is 6.08 Å². The Kier molecular flexibility index (Phi) is 3.41. The van der Waals surface area contributed by atoms with Crippen molar-refractivity contribution in [3.05, 3.63) is 35.9 Å². The second-order valence-electron chi connectivity index (χ2n) is 2.31. The van der Waals surface area contributed by atoms with E-state index in [1.807, 2.05) is 0 Å². The fourth-order valence-corrected chi connectivity index (χ4v) is 0.791. The van der Waals surface area contributed by atoms with Crippen molar-refractivity contribution < 1.29 is 9.50 Å². The zero-order valence-corrected chi connectivity index (χ0v) is 6.57. The van der Waals surface area contributed by atoms with Crippen molar-refractivity contribution in [1.82, 2.24) is 4.98 Å². The third-order valence-corrected chi connectivity index (χ3v) is 1.33. The number of hydrogen-bond acceptors (Lipinski definition) is 2. The SMILES string of the molecule is OCCC=Cc1cc(F)ccn1. The van der Waals surface area contributed by atoms with Gasteiger partial charge in [-0.25, -0.2) is 4.39 Å². The minimum absolute atomic E-state index is 0.103. The van der Waals surface area contributed by atoms with Gasteiger partial charge in [-0.2, -0.15) is 0 Å². The summed E-state index contributed by atoms with van der Waals surface area (Å²) in [6.45, 7) is 0.103. The van der Waals surface area contributed by atoms with E-state index >= 15 is 0 Å². The molecular weight excluding hydrogens is 157 g/mol.